The van der Waals surface area contributed by atoms with E-state index in [0.717, 1.165) is 38.2 Å². The van der Waals surface area contributed by atoms with E-state index in [4.69, 9.17) is 0 Å². The molecule has 0 saturated carbocycles. The van der Waals surface area contributed by atoms with Crippen LogP contribution in [0.3, 0.4) is 0 Å². The number of halogens is 1. The molecule has 2 heterocycles. The monoisotopic (exact) mass is 412 g/mol. The van der Waals surface area contributed by atoms with Gasteiger partial charge in [-0.3, -0.25) is 9.79 Å². The number of aliphatic imine (C=N–C) groups is 1. The van der Waals surface area contributed by atoms with E-state index in [1.165, 1.54) is 4.57 Å². The zero-order valence-corrected chi connectivity index (χ0v) is 15.6. The van der Waals surface area contributed by atoms with Crippen LogP contribution in [0.1, 0.15) is 16.0 Å². The van der Waals surface area contributed by atoms with E-state index in [2.05, 4.69) is 20.9 Å². The van der Waals surface area contributed by atoms with Gasteiger partial charge in [-0.15, -0.1) is 0 Å². The van der Waals surface area contributed by atoms with Crippen LogP contribution < -0.4 is 4.87 Å². The number of hydrogen-bond acceptors (Lipinski definition) is 4. The average molecular weight is 413 g/mol. The second kappa shape index (κ2) is 6.13. The van der Waals surface area contributed by atoms with Gasteiger partial charge < -0.3 is 5.11 Å². The van der Waals surface area contributed by atoms with Crippen molar-refractivity contribution in [1.29, 1.82) is 0 Å². The number of aromatic hydroxyl groups is 1. The number of allylic oxidation sites excluding steroid dienone is 1. The van der Waals surface area contributed by atoms with Gasteiger partial charge in [-0.2, -0.15) is 0 Å². The molecule has 0 aliphatic carbocycles. The minimum atomic E-state index is -0.224. The van der Waals surface area contributed by atoms with Crippen molar-refractivity contribution in [2.24, 2.45) is 4.99 Å². The lowest BCUT2D eigenvalue weighted by molar-refractivity contribution is 0.440. The molecule has 0 bridgehead atoms. The van der Waals surface area contributed by atoms with Crippen LogP contribution in [0, 0.1) is 6.92 Å². The van der Waals surface area contributed by atoms with Crippen LogP contribution in [-0.2, 0) is 0 Å². The molecule has 25 heavy (non-hydrogen) atoms. The number of aryl methyl sites for hydroxylation is 1. The van der Waals surface area contributed by atoms with Crippen LogP contribution >= 0.6 is 27.3 Å². The molecule has 124 valence electrons. The Bertz CT molecular complexity index is 1090. The molecule has 0 spiro atoms. The van der Waals surface area contributed by atoms with Crippen LogP contribution in [0.25, 0.3) is 17.3 Å². The predicted octanol–water partition coefficient (Wildman–Crippen LogP) is 4.93. The molecule has 0 atom stereocenters. The van der Waals surface area contributed by atoms with Crippen molar-refractivity contribution in [3.05, 3.63) is 72.6 Å². The molecule has 4 nitrogen and oxygen atoms in total. The Morgan fingerprint density at radius 2 is 1.96 bits per heavy atom. The van der Waals surface area contributed by atoms with Gasteiger partial charge in [0.05, 0.1) is 16.3 Å². The SMILES string of the molecule is Cc1ccc(-n2c(O)c(C=C3C=Nc4ccc(Br)cc43)sc2=O)cc1. The van der Waals surface area contributed by atoms with Gasteiger partial charge in [-0.05, 0) is 43.3 Å². The average Bonchev–Trinajstić information content (AvgIpc) is 3.10. The number of benzene rings is 2. The van der Waals surface area contributed by atoms with Crippen molar-refractivity contribution in [2.45, 2.75) is 6.92 Å². The van der Waals surface area contributed by atoms with Gasteiger partial charge in [0.2, 0.25) is 5.88 Å². The van der Waals surface area contributed by atoms with E-state index >= 15 is 0 Å². The molecule has 0 saturated heterocycles. The molecule has 2 aromatic carbocycles. The summed E-state index contributed by atoms with van der Waals surface area (Å²) >= 11 is 4.47. The Morgan fingerprint density at radius 1 is 1.20 bits per heavy atom. The summed E-state index contributed by atoms with van der Waals surface area (Å²) in [6.45, 7) is 1.98. The third kappa shape index (κ3) is 2.88. The van der Waals surface area contributed by atoms with Gasteiger partial charge >= 0.3 is 4.87 Å². The number of thiazole rings is 1. The fourth-order valence-corrected chi connectivity index (χ4v) is 3.92. The predicted molar refractivity (Wildman–Crippen MR) is 106 cm³/mol. The third-order valence-electron chi connectivity index (χ3n) is 4.00. The Hall–Kier alpha value is -2.44. The molecule has 0 radical (unpaired) electrons. The standard InChI is InChI=1S/C19H13BrN2O2S/c1-11-2-5-14(6-3-11)22-18(23)17(25-19(22)24)8-12-10-21-16-7-4-13(20)9-15(12)16/h2-10,23H,1H3. The van der Waals surface area contributed by atoms with Gasteiger partial charge in [-0.25, -0.2) is 4.57 Å². The van der Waals surface area contributed by atoms with Gasteiger partial charge in [0, 0.05) is 21.8 Å². The van der Waals surface area contributed by atoms with Crippen LogP contribution in [0.2, 0.25) is 0 Å². The normalized spacial score (nSPS) is 14.2. The van der Waals surface area contributed by atoms with E-state index in [-0.39, 0.29) is 10.8 Å². The van der Waals surface area contributed by atoms with Gasteiger partial charge in [0.1, 0.15) is 0 Å². The minimum absolute atomic E-state index is 0.0526. The molecule has 1 N–H and O–H groups in total. The third-order valence-corrected chi connectivity index (χ3v) is 5.37. The quantitative estimate of drug-likeness (QED) is 0.648. The lowest BCUT2D eigenvalue weighted by Gasteiger charge is -2.04. The van der Waals surface area contributed by atoms with Crippen molar-refractivity contribution in [1.82, 2.24) is 4.57 Å². The van der Waals surface area contributed by atoms with Gasteiger partial charge in [0.25, 0.3) is 0 Å². The summed E-state index contributed by atoms with van der Waals surface area (Å²) in [5.74, 6) is -0.0526. The smallest absolute Gasteiger partial charge is 0.315 e. The zero-order chi connectivity index (χ0) is 17.6. The van der Waals surface area contributed by atoms with Crippen molar-refractivity contribution < 1.29 is 5.11 Å². The molecule has 3 aromatic rings. The van der Waals surface area contributed by atoms with E-state index in [1.807, 2.05) is 49.4 Å². The fraction of sp³-hybridized carbons (Fsp3) is 0.0526. The highest BCUT2D eigenvalue weighted by atomic mass is 79.9. The Kier molecular flexibility index (Phi) is 3.94. The maximum atomic E-state index is 12.4. The highest BCUT2D eigenvalue weighted by molar-refractivity contribution is 9.10. The lowest BCUT2D eigenvalue weighted by atomic mass is 10.1. The first-order valence-corrected chi connectivity index (χ1v) is 9.21. The number of nitrogens with zero attached hydrogens (tertiary/aromatic N) is 2. The maximum Gasteiger partial charge on any atom is 0.315 e. The molecular weight excluding hydrogens is 400 g/mol. The van der Waals surface area contributed by atoms with Crippen LogP contribution in [-0.4, -0.2) is 15.9 Å². The van der Waals surface area contributed by atoms with E-state index in [1.54, 1.807) is 12.3 Å². The van der Waals surface area contributed by atoms with Crippen LogP contribution in [0.15, 0.2) is 56.7 Å². The molecule has 0 amide bonds. The zero-order valence-electron chi connectivity index (χ0n) is 13.2. The Morgan fingerprint density at radius 3 is 2.72 bits per heavy atom. The maximum absolute atomic E-state index is 12.4. The summed E-state index contributed by atoms with van der Waals surface area (Å²) in [4.78, 5) is 17.0. The second-order valence-corrected chi connectivity index (χ2v) is 7.66. The number of fused-ring (bicyclic) bond motifs is 1. The van der Waals surface area contributed by atoms with Crippen LogP contribution in [0.4, 0.5) is 5.69 Å². The summed E-state index contributed by atoms with van der Waals surface area (Å²) < 4.78 is 2.28. The molecule has 6 heteroatoms. The summed E-state index contributed by atoms with van der Waals surface area (Å²) in [6.07, 6.45) is 3.55. The minimum Gasteiger partial charge on any atom is -0.493 e. The van der Waals surface area contributed by atoms with Gasteiger partial charge in [-0.1, -0.05) is 45.0 Å². The van der Waals surface area contributed by atoms with E-state index < -0.39 is 0 Å². The van der Waals surface area contributed by atoms with Gasteiger partial charge in [0.15, 0.2) is 0 Å². The molecule has 1 aliphatic heterocycles. The molecular formula is C19H13BrN2O2S. The summed E-state index contributed by atoms with van der Waals surface area (Å²) in [5, 5.41) is 10.6. The van der Waals surface area contributed by atoms with E-state index in [9.17, 15) is 9.90 Å². The van der Waals surface area contributed by atoms with Crippen molar-refractivity contribution in [3.63, 3.8) is 0 Å². The first-order valence-electron chi connectivity index (χ1n) is 7.60. The number of hydrogen-bond donors (Lipinski definition) is 1. The topological polar surface area (TPSA) is 54.6 Å². The summed E-state index contributed by atoms with van der Waals surface area (Å²) in [5.41, 5.74) is 4.45. The highest BCUT2D eigenvalue weighted by Crippen LogP contribution is 2.36. The molecule has 0 unspecified atom stereocenters. The van der Waals surface area contributed by atoms with Crippen molar-refractivity contribution in [2.75, 3.05) is 0 Å². The molecule has 0 fully saturated rings. The van der Waals surface area contributed by atoms with E-state index in [0.29, 0.717) is 10.6 Å². The second-order valence-electron chi connectivity index (χ2n) is 5.75. The first kappa shape index (κ1) is 16.1. The first-order chi connectivity index (χ1) is 12.0. The Labute approximate surface area is 156 Å². The highest BCUT2D eigenvalue weighted by Gasteiger charge is 2.17. The number of rotatable bonds is 2. The largest absolute Gasteiger partial charge is 0.493 e. The molecule has 4 rings (SSSR count). The van der Waals surface area contributed by atoms with Crippen molar-refractivity contribution in [3.8, 4) is 11.6 Å². The summed E-state index contributed by atoms with van der Waals surface area (Å²) in [6, 6.07) is 13.3. The molecule has 1 aromatic heterocycles. The summed E-state index contributed by atoms with van der Waals surface area (Å²) in [7, 11) is 0. The van der Waals surface area contributed by atoms with Crippen LogP contribution in [0.5, 0.6) is 5.88 Å². The Balaban J connectivity index is 1.81. The molecule has 1 aliphatic rings. The number of aromatic nitrogens is 1. The fourth-order valence-electron chi connectivity index (χ4n) is 2.71. The van der Waals surface area contributed by atoms with Crippen molar-refractivity contribution >= 4 is 50.8 Å². The lowest BCUT2D eigenvalue weighted by Crippen LogP contribution is -2.09.